The van der Waals surface area contributed by atoms with E-state index in [1.54, 1.807) is 11.3 Å². The number of hydrogen-bond acceptors (Lipinski definition) is 6. The third-order valence-corrected chi connectivity index (χ3v) is 15.7. The number of nitrogens with zero attached hydrogens (tertiary/aromatic N) is 3. The first kappa shape index (κ1) is 36.3. The average Bonchev–Trinajstić information content (AvgIpc) is 4.05. The Labute approximate surface area is 374 Å². The first-order valence-corrected chi connectivity index (χ1v) is 23.4. The van der Waals surface area contributed by atoms with E-state index in [-0.39, 0.29) is 0 Å². The van der Waals surface area contributed by atoms with Crippen LogP contribution in [0.15, 0.2) is 200 Å². The van der Waals surface area contributed by atoms with Gasteiger partial charge in [-0.15, -0.1) is 34.0 Å². The predicted octanol–water partition coefficient (Wildman–Crippen LogP) is 17.0. The topological polar surface area (TPSA) is 38.7 Å². The van der Waals surface area contributed by atoms with Crippen molar-refractivity contribution in [3.8, 4) is 67.5 Å². The molecule has 4 heterocycles. The number of rotatable bonds is 6. The second-order valence-electron chi connectivity index (χ2n) is 15.9. The lowest BCUT2D eigenvalue weighted by atomic mass is 9.94. The summed E-state index contributed by atoms with van der Waals surface area (Å²) in [6.07, 6.45) is 0. The van der Waals surface area contributed by atoms with Crippen LogP contribution in [-0.2, 0) is 0 Å². The van der Waals surface area contributed by atoms with Gasteiger partial charge in [0.1, 0.15) is 0 Å². The monoisotopic (exact) mass is 855 g/mol. The molecule has 9 aromatic carbocycles. The Morgan fingerprint density at radius 2 is 0.683 bits per heavy atom. The number of thiophene rings is 3. The largest absolute Gasteiger partial charge is 0.208 e. The van der Waals surface area contributed by atoms with Crippen molar-refractivity contribution < 1.29 is 0 Å². The van der Waals surface area contributed by atoms with E-state index in [2.05, 4.69) is 200 Å². The van der Waals surface area contributed by atoms with Crippen LogP contribution in [0, 0.1) is 0 Å². The van der Waals surface area contributed by atoms with Crippen LogP contribution in [0.4, 0.5) is 0 Å². The molecule has 0 aliphatic rings. The lowest BCUT2D eigenvalue weighted by Gasteiger charge is -2.14. The van der Waals surface area contributed by atoms with Crippen LogP contribution in [0.3, 0.4) is 0 Å². The van der Waals surface area contributed by atoms with Gasteiger partial charge in [0, 0.05) is 77.2 Å². The summed E-state index contributed by atoms with van der Waals surface area (Å²) < 4.78 is 7.57. The number of benzene rings is 9. The fraction of sp³-hybridized carbons (Fsp3) is 0. The van der Waals surface area contributed by atoms with E-state index in [1.165, 1.54) is 60.5 Å². The molecule has 4 aromatic heterocycles. The van der Waals surface area contributed by atoms with Crippen LogP contribution < -0.4 is 0 Å². The van der Waals surface area contributed by atoms with Crippen LogP contribution in [0.1, 0.15) is 0 Å². The second kappa shape index (κ2) is 14.6. The first-order valence-electron chi connectivity index (χ1n) is 21.0. The van der Waals surface area contributed by atoms with Gasteiger partial charge in [-0.05, 0) is 100 Å². The molecule has 0 atom stereocenters. The molecular formula is C57H33N3S3. The van der Waals surface area contributed by atoms with Gasteiger partial charge in [0.05, 0.1) is 0 Å². The van der Waals surface area contributed by atoms with Gasteiger partial charge in [-0.3, -0.25) is 0 Å². The van der Waals surface area contributed by atoms with Crippen molar-refractivity contribution in [2.24, 2.45) is 0 Å². The van der Waals surface area contributed by atoms with Crippen LogP contribution in [0.2, 0.25) is 0 Å². The van der Waals surface area contributed by atoms with Gasteiger partial charge in [0.25, 0.3) is 0 Å². The van der Waals surface area contributed by atoms with Crippen LogP contribution in [0.5, 0.6) is 0 Å². The number of hydrogen-bond donors (Lipinski definition) is 0. The number of aromatic nitrogens is 3. The minimum absolute atomic E-state index is 0.628. The maximum atomic E-state index is 5.44. The third kappa shape index (κ3) is 6.17. The highest BCUT2D eigenvalue weighted by Crippen LogP contribution is 2.43. The number of fused-ring (bicyclic) bond motifs is 9. The Morgan fingerprint density at radius 3 is 1.32 bits per heavy atom. The fourth-order valence-corrected chi connectivity index (χ4v) is 12.5. The average molecular weight is 856 g/mol. The van der Waals surface area contributed by atoms with E-state index in [0.29, 0.717) is 17.5 Å². The third-order valence-electron chi connectivity index (χ3n) is 12.1. The Kier molecular flexibility index (Phi) is 8.44. The highest BCUT2D eigenvalue weighted by Gasteiger charge is 2.20. The zero-order valence-corrected chi connectivity index (χ0v) is 36.1. The fourth-order valence-electron chi connectivity index (χ4n) is 9.12. The van der Waals surface area contributed by atoms with Crippen LogP contribution in [0.25, 0.3) is 128 Å². The van der Waals surface area contributed by atoms with E-state index in [0.717, 1.165) is 50.1 Å². The van der Waals surface area contributed by atoms with E-state index in [1.807, 2.05) is 22.7 Å². The van der Waals surface area contributed by atoms with Crippen molar-refractivity contribution in [2.75, 3.05) is 0 Å². The summed E-state index contributed by atoms with van der Waals surface area (Å²) in [5.74, 6) is 1.92. The minimum atomic E-state index is 0.628. The van der Waals surface area contributed by atoms with Crippen LogP contribution >= 0.6 is 34.0 Å². The van der Waals surface area contributed by atoms with Crippen molar-refractivity contribution in [1.29, 1.82) is 0 Å². The maximum absolute atomic E-state index is 5.44. The molecular weight excluding hydrogens is 823 g/mol. The highest BCUT2D eigenvalue weighted by molar-refractivity contribution is 7.26. The van der Waals surface area contributed by atoms with Gasteiger partial charge in [0.15, 0.2) is 17.5 Å². The highest BCUT2D eigenvalue weighted by atomic mass is 32.1. The maximum Gasteiger partial charge on any atom is 0.165 e. The summed E-state index contributed by atoms with van der Waals surface area (Å²) in [5.41, 5.74) is 9.58. The second-order valence-corrected chi connectivity index (χ2v) is 19.1. The zero-order valence-electron chi connectivity index (χ0n) is 33.6. The Balaban J connectivity index is 1.07. The molecule has 13 rings (SSSR count). The molecule has 0 spiro atoms. The zero-order chi connectivity index (χ0) is 41.4. The van der Waals surface area contributed by atoms with Gasteiger partial charge < -0.3 is 0 Å². The molecule has 3 nitrogen and oxygen atoms in total. The molecule has 0 amide bonds. The summed E-state index contributed by atoms with van der Waals surface area (Å²) in [4.78, 5) is 16.2. The van der Waals surface area contributed by atoms with Crippen molar-refractivity contribution in [2.45, 2.75) is 0 Å². The Bertz CT molecular complexity index is 3800. The van der Waals surface area contributed by atoms with Crippen molar-refractivity contribution in [3.05, 3.63) is 200 Å². The van der Waals surface area contributed by atoms with Crippen molar-refractivity contribution in [3.63, 3.8) is 0 Å². The van der Waals surface area contributed by atoms with E-state index in [9.17, 15) is 0 Å². The molecule has 0 unspecified atom stereocenters. The molecule has 63 heavy (non-hydrogen) atoms. The lowest BCUT2D eigenvalue weighted by Crippen LogP contribution is -2.01. The summed E-state index contributed by atoms with van der Waals surface area (Å²) >= 11 is 5.48. The van der Waals surface area contributed by atoms with Crippen molar-refractivity contribution in [1.82, 2.24) is 15.0 Å². The SMILES string of the molecule is c1ccc(-c2ccccc2-c2nc(-c3cc(-c4ccc5sc6ccccc6c5c4)cc(-c4ccc5sc6ccccc6c5c4)c3)nc(-c3cccc4c3sc3ccccc34)n2)cc1. The molecule has 0 aliphatic carbocycles. The molecule has 0 bridgehead atoms. The van der Waals surface area contributed by atoms with Gasteiger partial charge in [0.2, 0.25) is 0 Å². The van der Waals surface area contributed by atoms with Gasteiger partial charge in [-0.2, -0.15) is 0 Å². The standard InChI is InChI=1S/C57H33N3S3/c1-2-13-34(14-3-1)40-15-4-5-19-45(40)56-58-55(59-57(60-56)46-21-12-20-44-41-16-6-11-24-51(41)63-54(44)46)39-30-37(35-25-27-52-47(32-35)42-17-7-9-22-49(42)61-52)29-38(31-39)36-26-28-53-48(33-36)43-18-8-10-23-50(43)62-53/h1-33H. The molecule has 294 valence electrons. The molecule has 0 saturated carbocycles. The summed E-state index contributed by atoms with van der Waals surface area (Å²) in [7, 11) is 0. The molecule has 0 fully saturated rings. The van der Waals surface area contributed by atoms with Crippen molar-refractivity contribution >= 4 is 94.5 Å². The summed E-state index contributed by atoms with van der Waals surface area (Å²) in [5, 5.41) is 7.55. The van der Waals surface area contributed by atoms with E-state index in [4.69, 9.17) is 15.0 Å². The molecule has 0 radical (unpaired) electrons. The smallest absolute Gasteiger partial charge is 0.165 e. The van der Waals surface area contributed by atoms with E-state index >= 15 is 0 Å². The predicted molar refractivity (Wildman–Crippen MR) is 271 cm³/mol. The minimum Gasteiger partial charge on any atom is -0.208 e. The van der Waals surface area contributed by atoms with Gasteiger partial charge in [-0.25, -0.2) is 15.0 Å². The first-order chi connectivity index (χ1) is 31.2. The summed E-state index contributed by atoms with van der Waals surface area (Å²) in [6.45, 7) is 0. The quantitative estimate of drug-likeness (QED) is 0.167. The Morgan fingerprint density at radius 1 is 0.238 bits per heavy atom. The molecule has 6 heteroatoms. The lowest BCUT2D eigenvalue weighted by molar-refractivity contribution is 1.08. The normalized spacial score (nSPS) is 11.8. The van der Waals surface area contributed by atoms with Gasteiger partial charge in [-0.1, -0.05) is 133 Å². The molecule has 0 N–H and O–H groups in total. The van der Waals surface area contributed by atoms with E-state index < -0.39 is 0 Å². The molecule has 13 aromatic rings. The molecule has 0 aliphatic heterocycles. The molecule has 0 saturated heterocycles. The van der Waals surface area contributed by atoms with Crippen LogP contribution in [-0.4, -0.2) is 15.0 Å². The van der Waals surface area contributed by atoms with Gasteiger partial charge >= 0.3 is 0 Å². The summed E-state index contributed by atoms with van der Waals surface area (Å²) in [6, 6.07) is 72.2. The Hall–Kier alpha value is -7.35.